The molecule has 164 valence electrons. The van der Waals surface area contributed by atoms with Gasteiger partial charge in [-0.25, -0.2) is 4.39 Å². The highest BCUT2D eigenvalue weighted by Crippen LogP contribution is 2.18. The van der Waals surface area contributed by atoms with E-state index in [0.29, 0.717) is 0 Å². The molecule has 1 aromatic carbocycles. The second kappa shape index (κ2) is 14.8. The zero-order chi connectivity index (χ0) is 20.2. The van der Waals surface area contributed by atoms with Gasteiger partial charge in [-0.1, -0.05) is 0 Å². The van der Waals surface area contributed by atoms with E-state index in [-0.39, 0.29) is 41.6 Å². The molecule has 1 atom stereocenters. The highest BCUT2D eigenvalue weighted by atomic mass is 127. The lowest BCUT2D eigenvalue weighted by molar-refractivity contribution is -0.123. The molecule has 4 N–H and O–H groups in total. The fourth-order valence-corrected chi connectivity index (χ4v) is 4.07. The molecule has 1 amide bonds. The van der Waals surface area contributed by atoms with E-state index >= 15 is 0 Å². The molecular formula is C20H33FIN5OS. The Morgan fingerprint density at radius 1 is 1.28 bits per heavy atom. The summed E-state index contributed by atoms with van der Waals surface area (Å²) >= 11 is 1.72. The van der Waals surface area contributed by atoms with Crippen LogP contribution in [0.25, 0.3) is 0 Å². The van der Waals surface area contributed by atoms with Gasteiger partial charge in [-0.05, 0) is 68.8 Å². The Hall–Kier alpha value is -1.07. The number of nitrogens with one attached hydrogen (secondary N) is 2. The molecule has 29 heavy (non-hydrogen) atoms. The Kier molecular flexibility index (Phi) is 13.3. The van der Waals surface area contributed by atoms with Crippen LogP contribution >= 0.6 is 35.7 Å². The van der Waals surface area contributed by atoms with Gasteiger partial charge in [-0.15, -0.1) is 35.7 Å². The standard InChI is InChI=1S/C20H32FN5OS.HI/c1-23-20(25-11-4-14-28-18-8-6-17(21)7-9-18)24-10-3-13-26-12-2-5-16(15-26)19(22)27;/h6-9,16H,2-5,10-15H2,1H3,(H2,22,27)(H2,23,24,25);1H. The number of thioether (sulfide) groups is 1. The van der Waals surface area contributed by atoms with E-state index in [1.807, 2.05) is 12.1 Å². The fraction of sp³-hybridized carbons (Fsp3) is 0.600. The van der Waals surface area contributed by atoms with Gasteiger partial charge >= 0.3 is 0 Å². The van der Waals surface area contributed by atoms with Crippen LogP contribution in [-0.4, -0.2) is 62.3 Å². The van der Waals surface area contributed by atoms with Gasteiger partial charge in [-0.3, -0.25) is 9.79 Å². The third kappa shape index (κ3) is 10.5. The lowest BCUT2D eigenvalue weighted by Crippen LogP contribution is -2.43. The Morgan fingerprint density at radius 3 is 2.62 bits per heavy atom. The maximum Gasteiger partial charge on any atom is 0.221 e. The zero-order valence-corrected chi connectivity index (χ0v) is 20.2. The molecule has 0 spiro atoms. The highest BCUT2D eigenvalue weighted by Gasteiger charge is 2.23. The van der Waals surface area contributed by atoms with Crippen molar-refractivity contribution < 1.29 is 9.18 Å². The molecule has 2 rings (SSSR count). The van der Waals surface area contributed by atoms with E-state index in [2.05, 4.69) is 20.5 Å². The minimum Gasteiger partial charge on any atom is -0.369 e. The molecule has 0 aliphatic carbocycles. The summed E-state index contributed by atoms with van der Waals surface area (Å²) in [6.07, 6.45) is 3.94. The number of halogens is 2. The first-order chi connectivity index (χ1) is 13.6. The molecule has 1 aliphatic heterocycles. The molecule has 1 heterocycles. The van der Waals surface area contributed by atoms with Gasteiger partial charge in [0.1, 0.15) is 5.82 Å². The Morgan fingerprint density at radius 2 is 1.97 bits per heavy atom. The van der Waals surface area contributed by atoms with Crippen LogP contribution in [0.4, 0.5) is 4.39 Å². The third-order valence-corrected chi connectivity index (χ3v) is 5.87. The van der Waals surface area contributed by atoms with E-state index in [1.54, 1.807) is 18.8 Å². The van der Waals surface area contributed by atoms with Crippen LogP contribution in [0.3, 0.4) is 0 Å². The second-order valence-corrected chi connectivity index (χ2v) is 8.15. The molecule has 0 aromatic heterocycles. The lowest BCUT2D eigenvalue weighted by atomic mass is 9.97. The summed E-state index contributed by atoms with van der Waals surface area (Å²) < 4.78 is 12.9. The zero-order valence-electron chi connectivity index (χ0n) is 17.0. The Balaban J connectivity index is 0.00000420. The van der Waals surface area contributed by atoms with Crippen molar-refractivity contribution in [2.45, 2.75) is 30.6 Å². The first-order valence-electron chi connectivity index (χ1n) is 9.93. The molecule has 0 radical (unpaired) electrons. The van der Waals surface area contributed by atoms with E-state index in [0.717, 1.165) is 75.0 Å². The van der Waals surface area contributed by atoms with Gasteiger partial charge in [0.2, 0.25) is 5.91 Å². The second-order valence-electron chi connectivity index (χ2n) is 6.98. The summed E-state index contributed by atoms with van der Waals surface area (Å²) in [6.45, 7) is 4.46. The topological polar surface area (TPSA) is 82.8 Å². The molecule has 1 saturated heterocycles. The predicted octanol–water partition coefficient (Wildman–Crippen LogP) is 2.68. The van der Waals surface area contributed by atoms with E-state index in [1.165, 1.54) is 12.1 Å². The number of guanidine groups is 1. The molecule has 0 bridgehead atoms. The van der Waals surface area contributed by atoms with E-state index in [9.17, 15) is 9.18 Å². The average Bonchev–Trinajstić information content (AvgIpc) is 2.71. The number of amides is 1. The molecule has 1 aliphatic rings. The first-order valence-corrected chi connectivity index (χ1v) is 10.9. The molecule has 9 heteroatoms. The number of piperidine rings is 1. The lowest BCUT2D eigenvalue weighted by Gasteiger charge is -2.31. The molecule has 1 unspecified atom stereocenters. The summed E-state index contributed by atoms with van der Waals surface area (Å²) in [7, 11) is 1.77. The number of aliphatic imine (C=N–C) groups is 1. The van der Waals surface area contributed by atoms with Crippen LogP contribution in [-0.2, 0) is 4.79 Å². The highest BCUT2D eigenvalue weighted by molar-refractivity contribution is 14.0. The number of hydrogen-bond acceptors (Lipinski definition) is 4. The van der Waals surface area contributed by atoms with Crippen molar-refractivity contribution in [1.29, 1.82) is 0 Å². The predicted molar refractivity (Wildman–Crippen MR) is 129 cm³/mol. The number of nitrogens with zero attached hydrogens (tertiary/aromatic N) is 2. The van der Waals surface area contributed by atoms with Crippen LogP contribution in [0.15, 0.2) is 34.2 Å². The van der Waals surface area contributed by atoms with Gasteiger partial charge in [0.25, 0.3) is 0 Å². The van der Waals surface area contributed by atoms with Gasteiger partial charge in [0.15, 0.2) is 5.96 Å². The number of nitrogens with two attached hydrogens (primary N) is 1. The SMILES string of the molecule is CN=C(NCCCSc1ccc(F)cc1)NCCCN1CCCC(C(N)=O)C1.I. The van der Waals surface area contributed by atoms with Crippen LogP contribution < -0.4 is 16.4 Å². The number of benzene rings is 1. The fourth-order valence-electron chi connectivity index (χ4n) is 3.22. The molecular weight excluding hydrogens is 504 g/mol. The number of primary amides is 1. The van der Waals surface area contributed by atoms with Crippen molar-refractivity contribution in [3.05, 3.63) is 30.1 Å². The molecule has 1 aromatic rings. The van der Waals surface area contributed by atoms with Crippen molar-refractivity contribution in [3.8, 4) is 0 Å². The quantitative estimate of drug-likeness (QED) is 0.141. The van der Waals surface area contributed by atoms with E-state index < -0.39 is 0 Å². The van der Waals surface area contributed by atoms with Crippen molar-refractivity contribution in [2.75, 3.05) is 45.5 Å². The first kappa shape index (κ1) is 26.0. The maximum atomic E-state index is 12.9. The number of likely N-dealkylation sites (tertiary alicyclic amines) is 1. The van der Waals surface area contributed by atoms with Gasteiger partial charge in [-0.2, -0.15) is 0 Å². The largest absolute Gasteiger partial charge is 0.369 e. The third-order valence-electron chi connectivity index (χ3n) is 4.77. The van der Waals surface area contributed by atoms with Crippen LogP contribution in [0.5, 0.6) is 0 Å². The summed E-state index contributed by atoms with van der Waals surface area (Å²) in [4.78, 5) is 19.0. The number of hydrogen-bond donors (Lipinski definition) is 3. The summed E-state index contributed by atoms with van der Waals surface area (Å²) in [5, 5.41) is 6.65. The van der Waals surface area contributed by atoms with Crippen molar-refractivity contribution >= 4 is 47.6 Å². The average molecular weight is 537 g/mol. The Bertz CT molecular complexity index is 632. The van der Waals surface area contributed by atoms with Crippen molar-refractivity contribution in [3.63, 3.8) is 0 Å². The summed E-state index contributed by atoms with van der Waals surface area (Å²) in [6, 6.07) is 6.60. The number of carbonyl (C=O) groups is 1. The summed E-state index contributed by atoms with van der Waals surface area (Å²) in [5.74, 6) is 1.40. The van der Waals surface area contributed by atoms with Crippen LogP contribution in [0.2, 0.25) is 0 Å². The molecule has 1 fully saturated rings. The van der Waals surface area contributed by atoms with Gasteiger partial charge in [0.05, 0.1) is 5.92 Å². The smallest absolute Gasteiger partial charge is 0.221 e. The normalized spacial score (nSPS) is 17.4. The minimum absolute atomic E-state index is 0. The maximum absolute atomic E-state index is 12.9. The number of rotatable bonds is 10. The van der Waals surface area contributed by atoms with Crippen molar-refractivity contribution in [2.24, 2.45) is 16.6 Å². The number of carbonyl (C=O) groups excluding carboxylic acids is 1. The van der Waals surface area contributed by atoms with Crippen LogP contribution in [0.1, 0.15) is 25.7 Å². The monoisotopic (exact) mass is 537 g/mol. The molecule has 6 nitrogen and oxygen atoms in total. The summed E-state index contributed by atoms with van der Waals surface area (Å²) in [5.41, 5.74) is 5.43. The van der Waals surface area contributed by atoms with Crippen molar-refractivity contribution in [1.82, 2.24) is 15.5 Å². The Labute approximate surface area is 194 Å². The van der Waals surface area contributed by atoms with Gasteiger partial charge in [0, 0.05) is 31.6 Å². The van der Waals surface area contributed by atoms with E-state index in [4.69, 9.17) is 5.73 Å². The molecule has 0 saturated carbocycles. The minimum atomic E-state index is -0.200. The van der Waals surface area contributed by atoms with Gasteiger partial charge < -0.3 is 21.3 Å². The van der Waals surface area contributed by atoms with Crippen LogP contribution in [0, 0.1) is 11.7 Å².